The van der Waals surface area contributed by atoms with E-state index in [-0.39, 0.29) is 17.9 Å². The molecule has 10 heteroatoms. The molecule has 118 valence electrons. The van der Waals surface area contributed by atoms with E-state index in [1.807, 2.05) is 6.92 Å². The maximum atomic E-state index is 12.4. The van der Waals surface area contributed by atoms with Gasteiger partial charge in [0.05, 0.1) is 27.8 Å². The third kappa shape index (κ3) is 3.01. The van der Waals surface area contributed by atoms with Gasteiger partial charge in [0.1, 0.15) is 6.20 Å². The highest BCUT2D eigenvalue weighted by molar-refractivity contribution is 9.10. The molecule has 2 aromatic heterocycles. The number of nitro groups is 1. The monoisotopic (exact) mass is 370 g/mol. The van der Waals surface area contributed by atoms with E-state index in [1.54, 1.807) is 17.9 Å². The zero-order chi connectivity index (χ0) is 16.4. The van der Waals surface area contributed by atoms with Crippen LogP contribution in [-0.2, 0) is 20.1 Å². The average molecular weight is 371 g/mol. The van der Waals surface area contributed by atoms with Crippen molar-refractivity contribution in [3.8, 4) is 0 Å². The van der Waals surface area contributed by atoms with Crippen molar-refractivity contribution in [3.63, 3.8) is 0 Å². The van der Waals surface area contributed by atoms with E-state index in [4.69, 9.17) is 0 Å². The van der Waals surface area contributed by atoms with Crippen molar-refractivity contribution >= 4 is 27.5 Å². The minimum absolute atomic E-state index is 0.173. The summed E-state index contributed by atoms with van der Waals surface area (Å²) in [6.07, 6.45) is 2.87. The lowest BCUT2D eigenvalue weighted by Crippen LogP contribution is -2.28. The second kappa shape index (κ2) is 6.26. The van der Waals surface area contributed by atoms with E-state index in [0.29, 0.717) is 6.54 Å². The van der Waals surface area contributed by atoms with Gasteiger partial charge >= 0.3 is 5.69 Å². The van der Waals surface area contributed by atoms with Crippen LogP contribution in [0.15, 0.2) is 16.9 Å². The molecule has 22 heavy (non-hydrogen) atoms. The van der Waals surface area contributed by atoms with Gasteiger partial charge in [-0.2, -0.15) is 10.2 Å². The fraction of sp³-hybridized carbons (Fsp3) is 0.417. The highest BCUT2D eigenvalue weighted by atomic mass is 79.9. The van der Waals surface area contributed by atoms with Crippen molar-refractivity contribution in [2.75, 3.05) is 7.05 Å². The molecule has 0 saturated heterocycles. The molecule has 0 aliphatic heterocycles. The standard InChI is InChI=1S/C12H15BrN6O3/c1-4-18-9(8(13)5-14-18)6-16(2)12(20)11-10(19(21)22)7-17(3)15-11/h5,7H,4,6H2,1-3H3. The second-order valence-electron chi connectivity index (χ2n) is 4.71. The van der Waals surface area contributed by atoms with Crippen LogP contribution >= 0.6 is 15.9 Å². The fourth-order valence-corrected chi connectivity index (χ4v) is 2.48. The Kier molecular flexibility index (Phi) is 4.59. The molecule has 9 nitrogen and oxygen atoms in total. The Bertz CT molecular complexity index is 723. The third-order valence-corrected chi connectivity index (χ3v) is 3.80. The first kappa shape index (κ1) is 16.1. The number of rotatable bonds is 5. The number of carbonyl (C=O) groups is 1. The first-order valence-electron chi connectivity index (χ1n) is 6.48. The van der Waals surface area contributed by atoms with E-state index in [2.05, 4.69) is 26.1 Å². The number of aromatic nitrogens is 4. The Hall–Kier alpha value is -2.23. The van der Waals surface area contributed by atoms with Gasteiger partial charge in [0.15, 0.2) is 0 Å². The van der Waals surface area contributed by atoms with Crippen molar-refractivity contribution < 1.29 is 9.72 Å². The first-order chi connectivity index (χ1) is 10.3. The van der Waals surface area contributed by atoms with Gasteiger partial charge in [-0.3, -0.25) is 24.3 Å². The van der Waals surface area contributed by atoms with Crippen molar-refractivity contribution in [1.29, 1.82) is 0 Å². The van der Waals surface area contributed by atoms with Crippen LogP contribution in [0.3, 0.4) is 0 Å². The molecule has 2 rings (SSSR count). The Morgan fingerprint density at radius 3 is 2.82 bits per heavy atom. The number of carbonyl (C=O) groups excluding carboxylic acids is 1. The molecule has 1 amide bonds. The Morgan fingerprint density at radius 2 is 2.23 bits per heavy atom. The minimum atomic E-state index is -0.611. The van der Waals surface area contributed by atoms with Crippen molar-refractivity contribution in [3.05, 3.63) is 38.4 Å². The Balaban J connectivity index is 2.26. The lowest BCUT2D eigenvalue weighted by atomic mass is 10.3. The molecule has 2 heterocycles. The van der Waals surface area contributed by atoms with E-state index < -0.39 is 10.8 Å². The molecule has 0 aliphatic rings. The lowest BCUT2D eigenvalue weighted by molar-refractivity contribution is -0.385. The highest BCUT2D eigenvalue weighted by Gasteiger charge is 2.28. The quantitative estimate of drug-likeness (QED) is 0.587. The third-order valence-electron chi connectivity index (χ3n) is 3.14. The molecule has 0 spiro atoms. The number of amides is 1. The summed E-state index contributed by atoms with van der Waals surface area (Å²) >= 11 is 3.38. The van der Waals surface area contributed by atoms with Crippen LogP contribution in [0.25, 0.3) is 0 Å². The van der Waals surface area contributed by atoms with Gasteiger partial charge in [0, 0.05) is 20.6 Å². The summed E-state index contributed by atoms with van der Waals surface area (Å²) in [4.78, 5) is 24.2. The summed E-state index contributed by atoms with van der Waals surface area (Å²) < 4.78 is 3.79. The Labute approximate surface area is 134 Å². The molecule has 0 fully saturated rings. The van der Waals surface area contributed by atoms with Crippen LogP contribution in [0.2, 0.25) is 0 Å². The van der Waals surface area contributed by atoms with Crippen molar-refractivity contribution in [2.24, 2.45) is 7.05 Å². The summed E-state index contributed by atoms with van der Waals surface area (Å²) in [6, 6.07) is 0. The average Bonchev–Trinajstić information content (AvgIpc) is 3.02. The number of halogens is 1. The van der Waals surface area contributed by atoms with Gasteiger partial charge in [-0.25, -0.2) is 0 Å². The summed E-state index contributed by atoms with van der Waals surface area (Å²) in [5.74, 6) is -0.511. The molecule has 0 atom stereocenters. The second-order valence-corrected chi connectivity index (χ2v) is 5.56. The van der Waals surface area contributed by atoms with Crippen LogP contribution in [0, 0.1) is 10.1 Å². The summed E-state index contributed by atoms with van der Waals surface area (Å²) in [5.41, 5.74) is 0.341. The number of hydrogen-bond acceptors (Lipinski definition) is 5. The lowest BCUT2D eigenvalue weighted by Gasteiger charge is -2.16. The van der Waals surface area contributed by atoms with Gasteiger partial charge in [-0.1, -0.05) is 0 Å². The van der Waals surface area contributed by atoms with Crippen LogP contribution in [0.1, 0.15) is 23.1 Å². The van der Waals surface area contributed by atoms with Gasteiger partial charge in [-0.15, -0.1) is 0 Å². The zero-order valence-corrected chi connectivity index (χ0v) is 13.9. The molecule has 0 unspecified atom stereocenters. The largest absolute Gasteiger partial charge is 0.334 e. The maximum Gasteiger partial charge on any atom is 0.320 e. The normalized spacial score (nSPS) is 10.7. The summed E-state index contributed by atoms with van der Waals surface area (Å²) in [7, 11) is 3.10. The predicted molar refractivity (Wildman–Crippen MR) is 81.3 cm³/mol. The number of hydrogen-bond donors (Lipinski definition) is 0. The highest BCUT2D eigenvalue weighted by Crippen LogP contribution is 2.21. The van der Waals surface area contributed by atoms with Gasteiger partial charge < -0.3 is 4.90 Å². The van der Waals surface area contributed by atoms with E-state index in [0.717, 1.165) is 10.2 Å². The van der Waals surface area contributed by atoms with Gasteiger partial charge in [0.2, 0.25) is 5.69 Å². The molecule has 0 N–H and O–H groups in total. The molecular formula is C12H15BrN6O3. The van der Waals surface area contributed by atoms with E-state index in [1.165, 1.54) is 22.8 Å². The topological polar surface area (TPSA) is 99.1 Å². The zero-order valence-electron chi connectivity index (χ0n) is 12.4. The van der Waals surface area contributed by atoms with Crippen molar-refractivity contribution in [2.45, 2.75) is 20.0 Å². The van der Waals surface area contributed by atoms with Gasteiger partial charge in [-0.05, 0) is 22.9 Å². The summed E-state index contributed by atoms with van der Waals surface area (Å²) in [6.45, 7) is 2.86. The molecule has 0 aromatic carbocycles. The molecule has 0 saturated carbocycles. The van der Waals surface area contributed by atoms with Crippen LogP contribution < -0.4 is 0 Å². The molecule has 0 aliphatic carbocycles. The molecule has 2 aromatic rings. The van der Waals surface area contributed by atoms with Gasteiger partial charge in [0.25, 0.3) is 5.91 Å². The number of nitrogens with zero attached hydrogens (tertiary/aromatic N) is 6. The number of aryl methyl sites for hydroxylation is 2. The molecule has 0 bridgehead atoms. The van der Waals surface area contributed by atoms with Crippen molar-refractivity contribution in [1.82, 2.24) is 24.5 Å². The fourth-order valence-electron chi connectivity index (χ4n) is 2.06. The summed E-state index contributed by atoms with van der Waals surface area (Å²) in [5, 5.41) is 19.1. The van der Waals surface area contributed by atoms with E-state index in [9.17, 15) is 14.9 Å². The van der Waals surface area contributed by atoms with E-state index >= 15 is 0 Å². The van der Waals surface area contributed by atoms with Crippen LogP contribution in [0.5, 0.6) is 0 Å². The smallest absolute Gasteiger partial charge is 0.320 e. The predicted octanol–water partition coefficient (Wildman–Crippen LogP) is 1.58. The molecular weight excluding hydrogens is 356 g/mol. The molecule has 0 radical (unpaired) electrons. The minimum Gasteiger partial charge on any atom is -0.334 e. The SMILES string of the molecule is CCn1ncc(Br)c1CN(C)C(=O)c1nn(C)cc1[N+](=O)[O-]. The van der Waals surface area contributed by atoms with Crippen LogP contribution in [0.4, 0.5) is 5.69 Å². The Morgan fingerprint density at radius 1 is 1.55 bits per heavy atom. The van der Waals surface area contributed by atoms with Crippen LogP contribution in [-0.4, -0.2) is 42.3 Å². The maximum absolute atomic E-state index is 12.4. The first-order valence-corrected chi connectivity index (χ1v) is 7.28.